The molecular weight excluding hydrogens is 410 g/mol. The molecular formula is C24H29N3O5. The predicted octanol–water partition coefficient (Wildman–Crippen LogP) is 1.91. The van der Waals surface area contributed by atoms with Crippen molar-refractivity contribution in [2.24, 2.45) is 12.8 Å². The minimum Gasteiger partial charge on any atom is -0.503 e. The number of rotatable bonds is 6. The molecule has 2 aromatic carbocycles. The van der Waals surface area contributed by atoms with Crippen molar-refractivity contribution >= 4 is 17.2 Å². The van der Waals surface area contributed by atoms with Crippen molar-refractivity contribution in [2.75, 3.05) is 39.5 Å². The van der Waals surface area contributed by atoms with Gasteiger partial charge < -0.3 is 24.9 Å². The zero-order chi connectivity index (χ0) is 22.9. The van der Waals surface area contributed by atoms with Crippen molar-refractivity contribution in [3.8, 4) is 11.5 Å². The number of nitrogens with zero attached hydrogens (tertiary/aromatic N) is 2. The molecule has 1 fully saturated rings. The molecule has 8 heteroatoms. The van der Waals surface area contributed by atoms with Crippen LogP contribution in [0.4, 0.5) is 0 Å². The fraction of sp³-hybridized carbons (Fsp3) is 0.333. The SMILES string of the molecule is Cn1c(=O)c(O)c(C=O)c2ccccc21.NCc1ccccc1OCCN1CCOCC1. The number of hydrogen-bond acceptors (Lipinski definition) is 7. The summed E-state index contributed by atoms with van der Waals surface area (Å²) in [5, 5.41) is 10.1. The molecule has 3 aromatic rings. The fourth-order valence-electron chi connectivity index (χ4n) is 3.55. The zero-order valence-electron chi connectivity index (χ0n) is 18.2. The number of aldehydes is 1. The van der Waals surface area contributed by atoms with Crippen molar-refractivity contribution in [1.29, 1.82) is 0 Å². The number of carbonyl (C=O) groups excluding carboxylic acids is 1. The van der Waals surface area contributed by atoms with Gasteiger partial charge in [0.05, 0.1) is 24.3 Å². The van der Waals surface area contributed by atoms with Crippen molar-refractivity contribution in [2.45, 2.75) is 6.54 Å². The molecule has 1 saturated heterocycles. The zero-order valence-corrected chi connectivity index (χ0v) is 18.2. The van der Waals surface area contributed by atoms with Gasteiger partial charge in [0, 0.05) is 44.2 Å². The summed E-state index contributed by atoms with van der Waals surface area (Å²) in [5.41, 5.74) is 6.84. The highest BCUT2D eigenvalue weighted by Crippen LogP contribution is 2.21. The van der Waals surface area contributed by atoms with Crippen LogP contribution in [0.25, 0.3) is 10.9 Å². The van der Waals surface area contributed by atoms with Gasteiger partial charge in [-0.05, 0) is 12.1 Å². The van der Waals surface area contributed by atoms with Gasteiger partial charge in [0.2, 0.25) is 0 Å². The number of carbonyl (C=O) groups is 1. The second kappa shape index (κ2) is 11.4. The third-order valence-electron chi connectivity index (χ3n) is 5.40. The summed E-state index contributed by atoms with van der Waals surface area (Å²) in [5.74, 6) is 0.412. The molecule has 1 aromatic heterocycles. The lowest BCUT2D eigenvalue weighted by Gasteiger charge is -2.26. The van der Waals surface area contributed by atoms with Gasteiger partial charge in [-0.15, -0.1) is 0 Å². The first kappa shape index (κ1) is 23.5. The summed E-state index contributed by atoms with van der Waals surface area (Å²) < 4.78 is 12.4. The number of ether oxygens (including phenoxy) is 2. The maximum atomic E-state index is 11.5. The molecule has 170 valence electrons. The molecule has 0 unspecified atom stereocenters. The molecule has 0 radical (unpaired) electrons. The van der Waals surface area contributed by atoms with Gasteiger partial charge in [0.15, 0.2) is 12.0 Å². The molecule has 1 aliphatic rings. The Morgan fingerprint density at radius 3 is 2.53 bits per heavy atom. The quantitative estimate of drug-likeness (QED) is 0.565. The summed E-state index contributed by atoms with van der Waals surface area (Å²) in [6.45, 7) is 5.84. The van der Waals surface area contributed by atoms with Crippen LogP contribution < -0.4 is 16.0 Å². The number of benzene rings is 2. The summed E-state index contributed by atoms with van der Waals surface area (Å²) in [7, 11) is 1.55. The van der Waals surface area contributed by atoms with Crippen molar-refractivity contribution < 1.29 is 19.4 Å². The van der Waals surface area contributed by atoms with E-state index in [1.165, 1.54) is 4.57 Å². The number of pyridine rings is 1. The van der Waals surface area contributed by atoms with Gasteiger partial charge in [-0.3, -0.25) is 14.5 Å². The van der Waals surface area contributed by atoms with Gasteiger partial charge in [-0.2, -0.15) is 0 Å². The van der Waals surface area contributed by atoms with Gasteiger partial charge in [0.25, 0.3) is 5.56 Å². The van der Waals surface area contributed by atoms with E-state index < -0.39 is 11.3 Å². The van der Waals surface area contributed by atoms with Crippen LogP contribution >= 0.6 is 0 Å². The van der Waals surface area contributed by atoms with Crippen molar-refractivity contribution in [3.05, 3.63) is 70.0 Å². The topological polar surface area (TPSA) is 107 Å². The highest BCUT2D eigenvalue weighted by Gasteiger charge is 2.13. The van der Waals surface area contributed by atoms with Gasteiger partial charge >= 0.3 is 0 Å². The molecule has 3 N–H and O–H groups in total. The second-order valence-corrected chi connectivity index (χ2v) is 7.38. The number of hydrogen-bond donors (Lipinski definition) is 2. The van der Waals surface area contributed by atoms with Crippen LogP contribution in [0.1, 0.15) is 15.9 Å². The third-order valence-corrected chi connectivity index (χ3v) is 5.40. The molecule has 2 heterocycles. The van der Waals surface area contributed by atoms with Crippen LogP contribution in [0.5, 0.6) is 11.5 Å². The molecule has 0 atom stereocenters. The highest BCUT2D eigenvalue weighted by atomic mass is 16.5. The Labute approximate surface area is 186 Å². The van der Waals surface area contributed by atoms with E-state index in [9.17, 15) is 14.7 Å². The van der Waals surface area contributed by atoms with Crippen LogP contribution in [-0.4, -0.2) is 60.3 Å². The Hall–Kier alpha value is -3.20. The Bertz CT molecular complexity index is 1110. The fourth-order valence-corrected chi connectivity index (χ4v) is 3.55. The molecule has 1 aliphatic heterocycles. The Kier molecular flexibility index (Phi) is 8.38. The smallest absolute Gasteiger partial charge is 0.293 e. The average molecular weight is 440 g/mol. The maximum absolute atomic E-state index is 11.5. The average Bonchev–Trinajstić information content (AvgIpc) is 2.84. The Morgan fingerprint density at radius 1 is 1.12 bits per heavy atom. The number of aryl methyl sites for hydroxylation is 1. The summed E-state index contributed by atoms with van der Waals surface area (Å²) in [6, 6.07) is 14.9. The van der Waals surface area contributed by atoms with E-state index in [4.69, 9.17) is 15.2 Å². The van der Waals surface area contributed by atoms with E-state index in [1.54, 1.807) is 31.3 Å². The minimum atomic E-state index is -0.559. The highest BCUT2D eigenvalue weighted by molar-refractivity contribution is 5.98. The van der Waals surface area contributed by atoms with Crippen LogP contribution in [0.3, 0.4) is 0 Å². The third kappa shape index (κ3) is 5.53. The molecule has 0 spiro atoms. The lowest BCUT2D eigenvalue weighted by molar-refractivity contribution is 0.0322. The first-order valence-electron chi connectivity index (χ1n) is 10.5. The Balaban J connectivity index is 0.000000182. The van der Waals surface area contributed by atoms with Crippen LogP contribution in [0.2, 0.25) is 0 Å². The molecule has 4 rings (SSSR count). The van der Waals surface area contributed by atoms with Gasteiger partial charge in [-0.1, -0.05) is 36.4 Å². The first-order valence-corrected chi connectivity index (χ1v) is 10.5. The molecule has 8 nitrogen and oxygen atoms in total. The summed E-state index contributed by atoms with van der Waals surface area (Å²) in [4.78, 5) is 24.7. The number of morpholine rings is 1. The molecule has 0 bridgehead atoms. The van der Waals surface area contributed by atoms with Gasteiger partial charge in [-0.25, -0.2) is 0 Å². The summed E-state index contributed by atoms with van der Waals surface area (Å²) >= 11 is 0. The van der Waals surface area contributed by atoms with Gasteiger partial charge in [0.1, 0.15) is 12.4 Å². The standard InChI is InChI=1S/C13H20N2O2.C11H9NO3/c14-11-12-3-1-2-4-13(12)17-10-7-15-5-8-16-9-6-15;1-12-9-5-3-2-4-7(9)8(6-13)10(14)11(12)15/h1-4H,5-11,14H2;2-6,14H,1H3. The van der Waals surface area contributed by atoms with Crippen LogP contribution in [0, 0.1) is 0 Å². The number of fused-ring (bicyclic) bond motifs is 1. The lowest BCUT2D eigenvalue weighted by Crippen LogP contribution is -2.38. The summed E-state index contributed by atoms with van der Waals surface area (Å²) in [6.07, 6.45) is 0.499. The normalized spacial score (nSPS) is 13.9. The van der Waals surface area contributed by atoms with E-state index >= 15 is 0 Å². The van der Waals surface area contributed by atoms with Crippen molar-refractivity contribution in [1.82, 2.24) is 9.47 Å². The van der Waals surface area contributed by atoms with E-state index in [0.717, 1.165) is 44.2 Å². The van der Waals surface area contributed by atoms with E-state index in [2.05, 4.69) is 4.90 Å². The molecule has 32 heavy (non-hydrogen) atoms. The number of nitrogens with two attached hydrogens (primary N) is 1. The Morgan fingerprint density at radius 2 is 1.81 bits per heavy atom. The minimum absolute atomic E-state index is 0.0497. The first-order chi connectivity index (χ1) is 15.6. The van der Waals surface area contributed by atoms with Crippen molar-refractivity contribution in [3.63, 3.8) is 0 Å². The maximum Gasteiger partial charge on any atom is 0.293 e. The number of aromatic hydroxyl groups is 1. The number of para-hydroxylation sites is 2. The number of aromatic nitrogens is 1. The monoisotopic (exact) mass is 439 g/mol. The van der Waals surface area contributed by atoms with Crippen LogP contribution in [-0.2, 0) is 18.3 Å². The predicted molar refractivity (Wildman–Crippen MR) is 123 cm³/mol. The molecule has 0 aliphatic carbocycles. The van der Waals surface area contributed by atoms with E-state index in [-0.39, 0.29) is 5.56 Å². The second-order valence-electron chi connectivity index (χ2n) is 7.38. The van der Waals surface area contributed by atoms with E-state index in [0.29, 0.717) is 30.3 Å². The van der Waals surface area contributed by atoms with Crippen LogP contribution in [0.15, 0.2) is 53.3 Å². The lowest BCUT2D eigenvalue weighted by atomic mass is 10.1. The molecule has 0 amide bonds. The molecule has 0 saturated carbocycles. The van der Waals surface area contributed by atoms with E-state index in [1.807, 2.05) is 24.3 Å². The largest absolute Gasteiger partial charge is 0.503 e.